The van der Waals surface area contributed by atoms with Gasteiger partial charge in [0.15, 0.2) is 17.5 Å². The van der Waals surface area contributed by atoms with Gasteiger partial charge in [-0.1, -0.05) is 6.07 Å². The van der Waals surface area contributed by atoms with Gasteiger partial charge in [-0.2, -0.15) is 0 Å². The molecule has 0 aliphatic carbocycles. The molecular formula is C21H27N4O4+. The summed E-state index contributed by atoms with van der Waals surface area (Å²) in [5.74, 6) is 1.32. The zero-order valence-electron chi connectivity index (χ0n) is 17.1. The number of ether oxygens (including phenoxy) is 2. The first-order valence-electron chi connectivity index (χ1n) is 9.47. The highest BCUT2D eigenvalue weighted by Crippen LogP contribution is 2.27. The van der Waals surface area contributed by atoms with Crippen molar-refractivity contribution in [1.29, 1.82) is 0 Å². The Labute approximate surface area is 168 Å². The van der Waals surface area contributed by atoms with E-state index in [1.807, 2.05) is 32.2 Å². The highest BCUT2D eigenvalue weighted by atomic mass is 16.5. The number of aromatic amines is 2. The van der Waals surface area contributed by atoms with E-state index < -0.39 is 0 Å². The SMILES string of the molecule is COc1ccc(CC[NH+](C)[C@@H](C)C(=O)Nc2ccc3[nH]c(=O)[nH]c3c2)cc1OC. The lowest BCUT2D eigenvalue weighted by atomic mass is 10.1. The molecule has 0 radical (unpaired) electrons. The van der Waals surface area contributed by atoms with Crippen LogP contribution in [-0.4, -0.2) is 49.7 Å². The van der Waals surface area contributed by atoms with Crippen molar-refractivity contribution in [2.24, 2.45) is 0 Å². The molecule has 0 fully saturated rings. The number of carbonyl (C=O) groups is 1. The smallest absolute Gasteiger partial charge is 0.323 e. The van der Waals surface area contributed by atoms with Gasteiger partial charge in [-0.3, -0.25) is 4.79 Å². The maximum atomic E-state index is 12.6. The summed E-state index contributed by atoms with van der Waals surface area (Å²) in [5, 5.41) is 2.92. The van der Waals surface area contributed by atoms with Crippen molar-refractivity contribution in [3.63, 3.8) is 0 Å². The van der Waals surface area contributed by atoms with Crippen LogP contribution in [0.4, 0.5) is 5.69 Å². The molecule has 1 unspecified atom stereocenters. The lowest BCUT2D eigenvalue weighted by molar-refractivity contribution is -0.893. The second kappa shape index (κ2) is 8.83. The highest BCUT2D eigenvalue weighted by Gasteiger charge is 2.22. The molecule has 0 bridgehead atoms. The van der Waals surface area contributed by atoms with E-state index in [0.29, 0.717) is 28.2 Å². The standard InChI is InChI=1S/C21H26N4O4/c1-13(20(26)22-15-6-7-16-17(12-15)24-21(27)23-16)25(2)10-9-14-5-8-18(28-3)19(11-14)29-4/h5-8,11-13H,9-10H2,1-4H3,(H,22,26)(H2,23,24,27)/p+1/t13-/m0/s1. The van der Waals surface area contributed by atoms with Gasteiger partial charge in [0, 0.05) is 12.1 Å². The van der Waals surface area contributed by atoms with Crippen molar-refractivity contribution in [3.8, 4) is 11.5 Å². The van der Waals surface area contributed by atoms with E-state index in [9.17, 15) is 9.59 Å². The third-order valence-corrected chi connectivity index (χ3v) is 5.17. The van der Waals surface area contributed by atoms with Crippen molar-refractivity contribution in [2.75, 3.05) is 33.1 Å². The average Bonchev–Trinajstić information content (AvgIpc) is 3.10. The zero-order chi connectivity index (χ0) is 21.0. The van der Waals surface area contributed by atoms with Crippen LogP contribution in [0.5, 0.6) is 11.5 Å². The lowest BCUT2D eigenvalue weighted by Crippen LogP contribution is -3.14. The summed E-state index contributed by atoms with van der Waals surface area (Å²) >= 11 is 0. The van der Waals surface area contributed by atoms with Crippen LogP contribution < -0.4 is 25.4 Å². The summed E-state index contributed by atoms with van der Waals surface area (Å²) in [6, 6.07) is 10.9. The minimum Gasteiger partial charge on any atom is -0.493 e. The molecule has 3 rings (SSSR count). The molecule has 0 aliphatic heterocycles. The molecule has 2 atom stereocenters. The van der Waals surface area contributed by atoms with Crippen molar-refractivity contribution >= 4 is 22.6 Å². The van der Waals surface area contributed by atoms with Crippen LogP contribution in [-0.2, 0) is 11.2 Å². The summed E-state index contributed by atoms with van der Waals surface area (Å²) < 4.78 is 10.6. The molecular weight excluding hydrogens is 372 g/mol. The molecule has 1 heterocycles. The number of benzene rings is 2. The number of aromatic nitrogens is 2. The van der Waals surface area contributed by atoms with Gasteiger partial charge in [-0.25, -0.2) is 4.79 Å². The van der Waals surface area contributed by atoms with Crippen molar-refractivity contribution in [1.82, 2.24) is 9.97 Å². The summed E-state index contributed by atoms with van der Waals surface area (Å²) in [6.45, 7) is 2.68. The van der Waals surface area contributed by atoms with Gasteiger partial charge in [0.05, 0.1) is 38.8 Å². The van der Waals surface area contributed by atoms with Gasteiger partial charge >= 0.3 is 5.69 Å². The van der Waals surface area contributed by atoms with E-state index in [0.717, 1.165) is 23.4 Å². The Hall–Kier alpha value is -3.26. The summed E-state index contributed by atoms with van der Waals surface area (Å²) in [7, 11) is 5.23. The number of hydrogen-bond acceptors (Lipinski definition) is 4. The van der Waals surface area contributed by atoms with Crippen LogP contribution >= 0.6 is 0 Å². The fraction of sp³-hybridized carbons (Fsp3) is 0.333. The number of fused-ring (bicyclic) bond motifs is 1. The van der Waals surface area contributed by atoms with Crippen molar-refractivity contribution in [2.45, 2.75) is 19.4 Å². The van der Waals surface area contributed by atoms with Gasteiger partial charge in [0.2, 0.25) is 0 Å². The number of amides is 1. The molecule has 1 amide bonds. The molecule has 8 heteroatoms. The lowest BCUT2D eigenvalue weighted by Gasteiger charge is -2.21. The molecule has 4 N–H and O–H groups in total. The molecule has 3 aromatic rings. The first-order valence-corrected chi connectivity index (χ1v) is 9.47. The number of nitrogens with one attached hydrogen (secondary N) is 4. The molecule has 0 aliphatic rings. The van der Waals surface area contributed by atoms with Crippen molar-refractivity contribution < 1.29 is 19.2 Å². The normalized spacial score (nSPS) is 13.1. The Balaban J connectivity index is 1.59. The van der Waals surface area contributed by atoms with Crippen LogP contribution in [0.25, 0.3) is 11.0 Å². The largest absolute Gasteiger partial charge is 0.493 e. The fourth-order valence-electron chi connectivity index (χ4n) is 3.18. The quantitative estimate of drug-likeness (QED) is 0.453. The molecule has 154 valence electrons. The van der Waals surface area contributed by atoms with Gasteiger partial charge in [-0.05, 0) is 42.8 Å². The fourth-order valence-corrected chi connectivity index (χ4v) is 3.18. The zero-order valence-corrected chi connectivity index (χ0v) is 17.1. The topological polar surface area (TPSA) is 101 Å². The van der Waals surface area contributed by atoms with E-state index in [4.69, 9.17) is 9.47 Å². The van der Waals surface area contributed by atoms with Gasteiger partial charge in [-0.15, -0.1) is 0 Å². The molecule has 0 saturated heterocycles. The Morgan fingerprint density at radius 1 is 1.07 bits per heavy atom. The Morgan fingerprint density at radius 2 is 1.79 bits per heavy atom. The molecule has 0 spiro atoms. The van der Waals surface area contributed by atoms with Crippen molar-refractivity contribution in [3.05, 3.63) is 52.4 Å². The first kappa shape index (κ1) is 20.5. The van der Waals surface area contributed by atoms with Gasteiger partial charge < -0.3 is 29.7 Å². The number of hydrogen-bond donors (Lipinski definition) is 4. The average molecular weight is 399 g/mol. The number of imidazole rings is 1. The van der Waals surface area contributed by atoms with Crippen LogP contribution in [0.1, 0.15) is 12.5 Å². The maximum absolute atomic E-state index is 12.6. The number of H-pyrrole nitrogens is 2. The van der Waals surface area contributed by atoms with E-state index in [2.05, 4.69) is 15.3 Å². The Morgan fingerprint density at radius 3 is 2.52 bits per heavy atom. The number of methoxy groups -OCH3 is 2. The monoisotopic (exact) mass is 399 g/mol. The predicted octanol–water partition coefficient (Wildman–Crippen LogP) is 0.958. The van der Waals surface area contributed by atoms with E-state index in [-0.39, 0.29) is 17.6 Å². The predicted molar refractivity (Wildman–Crippen MR) is 112 cm³/mol. The van der Waals surface area contributed by atoms with E-state index >= 15 is 0 Å². The Bertz CT molecular complexity index is 1060. The second-order valence-corrected chi connectivity index (χ2v) is 7.09. The number of rotatable bonds is 8. The molecule has 0 saturated carbocycles. The first-order chi connectivity index (χ1) is 13.9. The number of quaternary nitrogens is 1. The molecule has 8 nitrogen and oxygen atoms in total. The minimum atomic E-state index is -0.267. The summed E-state index contributed by atoms with van der Waals surface area (Å²) in [6.07, 6.45) is 0.806. The second-order valence-electron chi connectivity index (χ2n) is 7.09. The van der Waals surface area contributed by atoms with Crippen LogP contribution in [0.2, 0.25) is 0 Å². The van der Waals surface area contributed by atoms with E-state index in [1.54, 1.807) is 32.4 Å². The third kappa shape index (κ3) is 4.78. The van der Waals surface area contributed by atoms with Gasteiger partial charge in [0.25, 0.3) is 5.91 Å². The third-order valence-electron chi connectivity index (χ3n) is 5.17. The molecule has 2 aromatic carbocycles. The molecule has 1 aromatic heterocycles. The summed E-state index contributed by atoms with van der Waals surface area (Å²) in [4.78, 5) is 30.5. The Kier molecular flexibility index (Phi) is 6.23. The van der Waals surface area contributed by atoms with Crippen LogP contribution in [0.3, 0.4) is 0 Å². The number of carbonyl (C=O) groups excluding carboxylic acids is 1. The molecule has 29 heavy (non-hydrogen) atoms. The maximum Gasteiger partial charge on any atom is 0.323 e. The highest BCUT2D eigenvalue weighted by molar-refractivity contribution is 5.95. The number of likely N-dealkylation sites (N-methyl/N-ethyl adjacent to an activating group) is 1. The number of anilines is 1. The van der Waals surface area contributed by atoms with Crippen LogP contribution in [0, 0.1) is 0 Å². The van der Waals surface area contributed by atoms with E-state index in [1.165, 1.54) is 0 Å². The minimum absolute atomic E-state index is 0.0768. The van der Waals surface area contributed by atoms with Gasteiger partial charge in [0.1, 0.15) is 0 Å². The van der Waals surface area contributed by atoms with Crippen LogP contribution in [0.15, 0.2) is 41.2 Å². The summed E-state index contributed by atoms with van der Waals surface area (Å²) in [5.41, 5.74) is 2.87.